The Balaban J connectivity index is 1.83. The summed E-state index contributed by atoms with van der Waals surface area (Å²) >= 11 is 0. The summed E-state index contributed by atoms with van der Waals surface area (Å²) < 4.78 is 5.14. The second-order valence-corrected chi connectivity index (χ2v) is 5.76. The molecule has 4 heteroatoms. The molecule has 1 saturated carbocycles. The highest BCUT2D eigenvalue weighted by Gasteiger charge is 2.23. The average molecular weight is 289 g/mol. The van der Waals surface area contributed by atoms with Crippen LogP contribution in [0.25, 0.3) is 0 Å². The second-order valence-electron chi connectivity index (χ2n) is 5.76. The molecule has 0 radical (unpaired) electrons. The summed E-state index contributed by atoms with van der Waals surface area (Å²) in [5.41, 5.74) is 2.81. The van der Waals surface area contributed by atoms with E-state index in [1.165, 1.54) is 6.42 Å². The highest BCUT2D eigenvalue weighted by atomic mass is 16.5. The maximum Gasteiger partial charge on any atom is 0.309 e. The minimum Gasteiger partial charge on any atom is -0.455 e. The van der Waals surface area contributed by atoms with E-state index in [1.807, 2.05) is 32.0 Å². The van der Waals surface area contributed by atoms with E-state index in [1.54, 1.807) is 0 Å². The molecule has 1 aliphatic carbocycles. The molecule has 2 rings (SSSR count). The Morgan fingerprint density at radius 3 is 2.38 bits per heavy atom. The van der Waals surface area contributed by atoms with Gasteiger partial charge in [0.25, 0.3) is 5.91 Å². The molecule has 0 atom stereocenters. The minimum atomic E-state index is -0.281. The number of aryl methyl sites for hydroxylation is 2. The van der Waals surface area contributed by atoms with Crippen LogP contribution in [0.1, 0.15) is 43.2 Å². The van der Waals surface area contributed by atoms with Gasteiger partial charge in [-0.15, -0.1) is 0 Å². The first-order valence-corrected chi connectivity index (χ1v) is 7.60. The number of hydrogen-bond acceptors (Lipinski definition) is 3. The molecule has 1 amide bonds. The first-order valence-electron chi connectivity index (χ1n) is 7.60. The van der Waals surface area contributed by atoms with Gasteiger partial charge < -0.3 is 10.1 Å². The van der Waals surface area contributed by atoms with E-state index in [2.05, 4.69) is 5.32 Å². The monoisotopic (exact) mass is 289 g/mol. The predicted molar refractivity (Wildman–Crippen MR) is 82.1 cm³/mol. The first-order chi connectivity index (χ1) is 10.1. The number of anilines is 1. The molecule has 4 nitrogen and oxygen atoms in total. The number of para-hydroxylation sites is 1. The quantitative estimate of drug-likeness (QED) is 0.865. The van der Waals surface area contributed by atoms with E-state index in [0.717, 1.165) is 42.5 Å². The van der Waals surface area contributed by atoms with Gasteiger partial charge in [0.1, 0.15) is 0 Å². The minimum absolute atomic E-state index is 0.0215. The fraction of sp³-hybridized carbons (Fsp3) is 0.529. The van der Waals surface area contributed by atoms with Crippen LogP contribution >= 0.6 is 0 Å². The summed E-state index contributed by atoms with van der Waals surface area (Å²) in [6.45, 7) is 3.68. The van der Waals surface area contributed by atoms with Gasteiger partial charge in [0.2, 0.25) is 0 Å². The molecule has 1 fully saturated rings. The van der Waals surface area contributed by atoms with Crippen molar-refractivity contribution in [2.24, 2.45) is 5.92 Å². The fourth-order valence-electron chi connectivity index (χ4n) is 2.78. The molecule has 114 valence electrons. The number of carbonyl (C=O) groups is 2. The van der Waals surface area contributed by atoms with Gasteiger partial charge in [-0.25, -0.2) is 0 Å². The molecule has 1 aromatic rings. The second kappa shape index (κ2) is 7.25. The van der Waals surface area contributed by atoms with Crippen LogP contribution in [0.3, 0.4) is 0 Å². The first kappa shape index (κ1) is 15.5. The van der Waals surface area contributed by atoms with Crippen LogP contribution < -0.4 is 5.32 Å². The van der Waals surface area contributed by atoms with Crippen molar-refractivity contribution in [1.29, 1.82) is 0 Å². The normalized spacial score (nSPS) is 15.5. The lowest BCUT2D eigenvalue weighted by molar-refractivity contribution is -0.152. The zero-order valence-corrected chi connectivity index (χ0v) is 12.8. The molecule has 1 aliphatic rings. The summed E-state index contributed by atoms with van der Waals surface area (Å²) in [6.07, 6.45) is 5.12. The predicted octanol–water partition coefficient (Wildman–Crippen LogP) is 3.37. The average Bonchev–Trinajstić information content (AvgIpc) is 2.49. The highest BCUT2D eigenvalue weighted by Crippen LogP contribution is 2.24. The Morgan fingerprint density at radius 2 is 1.76 bits per heavy atom. The number of amides is 1. The molecule has 0 aliphatic heterocycles. The Morgan fingerprint density at radius 1 is 1.14 bits per heavy atom. The van der Waals surface area contributed by atoms with Crippen molar-refractivity contribution in [2.75, 3.05) is 11.9 Å². The summed E-state index contributed by atoms with van der Waals surface area (Å²) in [7, 11) is 0. The lowest BCUT2D eigenvalue weighted by atomic mass is 9.89. The Labute approximate surface area is 125 Å². The van der Waals surface area contributed by atoms with Crippen LogP contribution in [0.15, 0.2) is 18.2 Å². The van der Waals surface area contributed by atoms with Crippen LogP contribution in [-0.4, -0.2) is 18.5 Å². The third-order valence-corrected chi connectivity index (χ3v) is 4.03. The molecule has 0 bridgehead atoms. The summed E-state index contributed by atoms with van der Waals surface area (Å²) in [5.74, 6) is -0.533. The summed E-state index contributed by atoms with van der Waals surface area (Å²) in [5, 5.41) is 2.82. The van der Waals surface area contributed by atoms with Gasteiger partial charge in [-0.2, -0.15) is 0 Å². The van der Waals surface area contributed by atoms with E-state index < -0.39 is 0 Å². The van der Waals surface area contributed by atoms with Crippen molar-refractivity contribution in [1.82, 2.24) is 0 Å². The van der Waals surface area contributed by atoms with E-state index in [9.17, 15) is 9.59 Å². The number of rotatable bonds is 4. The zero-order valence-electron chi connectivity index (χ0n) is 12.8. The fourth-order valence-corrected chi connectivity index (χ4v) is 2.78. The molecule has 0 heterocycles. The summed E-state index contributed by atoms with van der Waals surface area (Å²) in [6, 6.07) is 5.83. The number of hydrogen-bond donors (Lipinski definition) is 1. The van der Waals surface area contributed by atoms with Crippen LogP contribution in [-0.2, 0) is 14.3 Å². The molecule has 21 heavy (non-hydrogen) atoms. The maximum absolute atomic E-state index is 11.9. The van der Waals surface area contributed by atoms with Gasteiger partial charge in [0.05, 0.1) is 5.92 Å². The molecule has 1 aromatic carbocycles. The van der Waals surface area contributed by atoms with E-state index in [-0.39, 0.29) is 24.4 Å². The van der Waals surface area contributed by atoms with Crippen LogP contribution in [0.2, 0.25) is 0 Å². The van der Waals surface area contributed by atoms with Crippen LogP contribution in [0.5, 0.6) is 0 Å². The van der Waals surface area contributed by atoms with Gasteiger partial charge in [-0.1, -0.05) is 37.5 Å². The third kappa shape index (κ3) is 4.31. The van der Waals surface area contributed by atoms with Gasteiger partial charge in [0, 0.05) is 5.69 Å². The summed E-state index contributed by atoms with van der Waals surface area (Å²) in [4.78, 5) is 23.8. The van der Waals surface area contributed by atoms with Gasteiger partial charge in [0.15, 0.2) is 6.61 Å². The lowest BCUT2D eigenvalue weighted by Crippen LogP contribution is -2.26. The molecule has 0 saturated heterocycles. The SMILES string of the molecule is Cc1cccc(C)c1NC(=O)COC(=O)C1CCCCC1. The van der Waals surface area contributed by atoms with Crippen molar-refractivity contribution >= 4 is 17.6 Å². The maximum atomic E-state index is 11.9. The Bertz CT molecular complexity index is 499. The van der Waals surface area contributed by atoms with Crippen molar-refractivity contribution < 1.29 is 14.3 Å². The van der Waals surface area contributed by atoms with Crippen molar-refractivity contribution in [2.45, 2.75) is 46.0 Å². The lowest BCUT2D eigenvalue weighted by Gasteiger charge is -2.19. The number of esters is 1. The number of carbonyl (C=O) groups excluding carboxylic acids is 2. The largest absolute Gasteiger partial charge is 0.455 e. The van der Waals surface area contributed by atoms with Gasteiger partial charge in [-0.3, -0.25) is 9.59 Å². The number of ether oxygens (including phenoxy) is 1. The highest BCUT2D eigenvalue weighted by molar-refractivity contribution is 5.94. The smallest absolute Gasteiger partial charge is 0.309 e. The molecule has 1 N–H and O–H groups in total. The van der Waals surface area contributed by atoms with Crippen molar-refractivity contribution in [3.05, 3.63) is 29.3 Å². The van der Waals surface area contributed by atoms with Crippen molar-refractivity contribution in [3.63, 3.8) is 0 Å². The van der Waals surface area contributed by atoms with Crippen molar-refractivity contribution in [3.8, 4) is 0 Å². The third-order valence-electron chi connectivity index (χ3n) is 4.03. The molecule has 0 unspecified atom stereocenters. The molecular formula is C17H23NO3. The van der Waals surface area contributed by atoms with E-state index in [0.29, 0.717) is 0 Å². The van der Waals surface area contributed by atoms with Gasteiger partial charge >= 0.3 is 5.97 Å². The van der Waals surface area contributed by atoms with Gasteiger partial charge in [-0.05, 0) is 37.8 Å². The molecule has 0 spiro atoms. The number of nitrogens with one attached hydrogen (secondary N) is 1. The Kier molecular flexibility index (Phi) is 5.37. The number of benzene rings is 1. The van der Waals surface area contributed by atoms with Crippen LogP contribution in [0.4, 0.5) is 5.69 Å². The van der Waals surface area contributed by atoms with E-state index in [4.69, 9.17) is 4.74 Å². The standard InChI is InChI=1S/C17H23NO3/c1-12-7-6-8-13(2)16(12)18-15(19)11-21-17(20)14-9-4-3-5-10-14/h6-8,14H,3-5,9-11H2,1-2H3,(H,18,19). The Hall–Kier alpha value is -1.84. The zero-order chi connectivity index (χ0) is 15.2. The topological polar surface area (TPSA) is 55.4 Å². The molecular weight excluding hydrogens is 266 g/mol. The molecule has 0 aromatic heterocycles. The van der Waals surface area contributed by atoms with Crippen LogP contribution in [0, 0.1) is 19.8 Å². The van der Waals surface area contributed by atoms with E-state index >= 15 is 0 Å².